The standard InChI is InChI=1S/C26H23N2O.2C25H19F2N2O/c1-16-5-9-19(10-6-16)20-11-14-23(28(4)15-20)24-17(2)7-12-21-22-13-8-18(3)27-26(22)29-25(21)24;1-14-4-7-19-20-8-5-15(2)28-25(20)30-24(19)23(14)22-12-16(10-11-29(22)3)18-9-6-17(26)13-21(18)27;1-14-6-9-19-20-10-7-15(2)28-25(20)30-24(19)22(14)23-18(5-4-12-29(23)3)17-11-8-16(26)13-21(17)27/h5-15H,1-4H3;2*4-13H,1-3H3/q3*+1/i1D3;;. The minimum Gasteiger partial charge on any atom is -0.437 e. The molecule has 0 bridgehead atoms. The fourth-order valence-corrected chi connectivity index (χ4v) is 11.9. The first-order valence-electron chi connectivity index (χ1n) is 30.5. The molecule has 0 N–H and O–H groups in total. The Bertz CT molecular complexity index is 5460. The van der Waals surface area contributed by atoms with Crippen molar-refractivity contribution in [1.82, 2.24) is 15.0 Å². The summed E-state index contributed by atoms with van der Waals surface area (Å²) in [6.45, 7) is 9.82. The summed E-state index contributed by atoms with van der Waals surface area (Å²) in [5.41, 5.74) is 19.8. The molecule has 15 aromatic rings. The lowest BCUT2D eigenvalue weighted by molar-refractivity contribution is -0.660. The average Bonchev–Trinajstić information content (AvgIpc) is 1.51. The van der Waals surface area contributed by atoms with Gasteiger partial charge >= 0.3 is 0 Å². The van der Waals surface area contributed by atoms with Gasteiger partial charge in [-0.1, -0.05) is 66.2 Å². The van der Waals surface area contributed by atoms with Crippen molar-refractivity contribution in [3.05, 3.63) is 251 Å². The summed E-state index contributed by atoms with van der Waals surface area (Å²) in [6, 6.07) is 50.3. The molecule has 0 spiro atoms. The molecule has 0 aliphatic heterocycles. The highest BCUT2D eigenvalue weighted by Crippen LogP contribution is 2.42. The van der Waals surface area contributed by atoms with E-state index >= 15 is 0 Å². The maximum atomic E-state index is 14.7. The van der Waals surface area contributed by atoms with E-state index in [1.54, 1.807) is 12.1 Å². The average molecular weight is 1190 g/mol. The van der Waals surface area contributed by atoms with E-state index in [0.29, 0.717) is 50.5 Å². The van der Waals surface area contributed by atoms with E-state index in [0.717, 1.165) is 134 Å². The van der Waals surface area contributed by atoms with Crippen LogP contribution < -0.4 is 13.7 Å². The minimum absolute atomic E-state index is 0.337. The van der Waals surface area contributed by atoms with Crippen LogP contribution in [0.2, 0.25) is 0 Å². The quantitative estimate of drug-likeness (QED) is 0.122. The first kappa shape index (κ1) is 53.8. The number of benzene rings is 6. The van der Waals surface area contributed by atoms with Crippen LogP contribution in [0.1, 0.15) is 43.4 Å². The number of halogens is 4. The number of fused-ring (bicyclic) bond motifs is 9. The van der Waals surface area contributed by atoms with Crippen LogP contribution in [0.15, 0.2) is 202 Å². The van der Waals surface area contributed by atoms with Gasteiger partial charge in [-0.2, -0.15) is 0 Å². The molecule has 0 radical (unpaired) electrons. The van der Waals surface area contributed by atoms with Crippen molar-refractivity contribution in [2.24, 2.45) is 21.1 Å². The highest BCUT2D eigenvalue weighted by Gasteiger charge is 2.28. The molecular weight excluding hydrogens is 1120 g/mol. The highest BCUT2D eigenvalue weighted by atomic mass is 19.1. The van der Waals surface area contributed by atoms with Gasteiger partial charge in [-0.15, -0.1) is 0 Å². The third kappa shape index (κ3) is 10.6. The van der Waals surface area contributed by atoms with Gasteiger partial charge in [0.25, 0.3) is 0 Å². The number of aryl methyl sites for hydroxylation is 10. The Kier molecular flexibility index (Phi) is 13.8. The molecule has 6 aromatic carbocycles. The molecule has 0 saturated carbocycles. The van der Waals surface area contributed by atoms with Crippen LogP contribution in [-0.4, -0.2) is 15.0 Å². The molecule has 9 aromatic heterocycles. The lowest BCUT2D eigenvalue weighted by atomic mass is 9.94. The lowest BCUT2D eigenvalue weighted by Gasteiger charge is -2.11. The van der Waals surface area contributed by atoms with Gasteiger partial charge in [0, 0.05) is 107 Å². The Balaban J connectivity index is 0.000000126. The lowest BCUT2D eigenvalue weighted by Crippen LogP contribution is -2.31. The molecule has 0 aliphatic carbocycles. The molecule has 0 aliphatic rings. The molecule has 9 nitrogen and oxygen atoms in total. The van der Waals surface area contributed by atoms with Gasteiger partial charge in [0.2, 0.25) is 34.2 Å². The van der Waals surface area contributed by atoms with Gasteiger partial charge in [-0.25, -0.2) is 46.2 Å². The monoisotopic (exact) mass is 1180 g/mol. The molecule has 0 amide bonds. The van der Waals surface area contributed by atoms with Crippen molar-refractivity contribution < 1.29 is 48.6 Å². The van der Waals surface area contributed by atoms with Crippen LogP contribution in [0.4, 0.5) is 17.6 Å². The van der Waals surface area contributed by atoms with Gasteiger partial charge in [0.05, 0.1) is 22.3 Å². The molecule has 0 saturated heterocycles. The smallest absolute Gasteiger partial charge is 0.227 e. The highest BCUT2D eigenvalue weighted by molar-refractivity contribution is 6.11. The Hall–Kier alpha value is -10.7. The number of aromatic nitrogens is 6. The topological polar surface area (TPSA) is 89.7 Å². The Morgan fingerprint density at radius 3 is 1.36 bits per heavy atom. The van der Waals surface area contributed by atoms with Gasteiger partial charge < -0.3 is 13.3 Å². The van der Waals surface area contributed by atoms with Crippen LogP contribution in [0.3, 0.4) is 0 Å². The van der Waals surface area contributed by atoms with Crippen molar-refractivity contribution in [3.63, 3.8) is 0 Å². The van der Waals surface area contributed by atoms with Gasteiger partial charge in [-0.3, -0.25) is 0 Å². The van der Waals surface area contributed by atoms with E-state index in [9.17, 15) is 17.6 Å². The summed E-state index contributed by atoms with van der Waals surface area (Å²) < 4.78 is 103. The Labute approximate surface area is 515 Å². The SMILES string of the molecule is Cc1ccc2c(n1)oc1c(-c3c(-c4ccc(F)cc4F)ccc[n+]3C)c(C)ccc12.Cc1ccc2c(n1)oc1c(-c3cc(-c4ccc(F)cc4F)cc[n+]3C)c(C)ccc12.[2H]C([2H])([2H])c1ccc(-c2ccc(-c3c(C)ccc4c3oc3nc(C)ccc34)[n+](C)c2)cc1. The molecule has 0 unspecified atom stereocenters. The van der Waals surface area contributed by atoms with E-state index in [1.807, 2.05) is 162 Å². The van der Waals surface area contributed by atoms with Crippen LogP contribution in [-0.2, 0) is 21.1 Å². The molecule has 89 heavy (non-hydrogen) atoms. The van der Waals surface area contributed by atoms with Gasteiger partial charge in [0.1, 0.15) is 44.4 Å². The number of pyridine rings is 6. The van der Waals surface area contributed by atoms with Crippen LogP contribution in [0, 0.1) is 71.7 Å². The fourth-order valence-electron chi connectivity index (χ4n) is 11.9. The molecular formula is C76H61F4N6O3+3. The molecule has 9 heterocycles. The number of furan rings is 3. The first-order chi connectivity index (χ1) is 44.1. The molecule has 0 fully saturated rings. The second-order valence-corrected chi connectivity index (χ2v) is 22.7. The summed E-state index contributed by atoms with van der Waals surface area (Å²) >= 11 is 0. The van der Waals surface area contributed by atoms with E-state index in [2.05, 4.69) is 69.0 Å². The number of hydrogen-bond donors (Lipinski definition) is 0. The summed E-state index contributed by atoms with van der Waals surface area (Å²) in [7, 11) is 5.85. The van der Waals surface area contributed by atoms with Crippen molar-refractivity contribution in [1.29, 1.82) is 0 Å². The predicted octanol–water partition coefficient (Wildman–Crippen LogP) is 18.1. The van der Waals surface area contributed by atoms with Crippen LogP contribution >= 0.6 is 0 Å². The zero-order chi connectivity index (χ0) is 64.6. The van der Waals surface area contributed by atoms with Crippen LogP contribution in [0.5, 0.6) is 0 Å². The first-order valence-corrected chi connectivity index (χ1v) is 29.0. The zero-order valence-electron chi connectivity index (χ0n) is 53.3. The maximum Gasteiger partial charge on any atom is 0.227 e. The van der Waals surface area contributed by atoms with E-state index in [1.165, 1.54) is 24.3 Å². The molecule has 15 rings (SSSR count). The Morgan fingerprint density at radius 1 is 0.382 bits per heavy atom. The third-order valence-electron chi connectivity index (χ3n) is 16.5. The van der Waals surface area contributed by atoms with Crippen molar-refractivity contribution >= 4 is 66.2 Å². The molecule has 13 heteroatoms. The largest absolute Gasteiger partial charge is 0.437 e. The Morgan fingerprint density at radius 2 is 0.854 bits per heavy atom. The number of hydrogen-bond acceptors (Lipinski definition) is 6. The van der Waals surface area contributed by atoms with Crippen molar-refractivity contribution in [3.8, 4) is 67.2 Å². The van der Waals surface area contributed by atoms with Crippen molar-refractivity contribution in [2.45, 2.75) is 48.4 Å². The normalized spacial score (nSPS) is 12.1. The second-order valence-electron chi connectivity index (χ2n) is 22.7. The van der Waals surface area contributed by atoms with Crippen LogP contribution in [0.25, 0.3) is 133 Å². The predicted molar refractivity (Wildman–Crippen MR) is 344 cm³/mol. The van der Waals surface area contributed by atoms with E-state index in [-0.39, 0.29) is 0 Å². The zero-order valence-corrected chi connectivity index (χ0v) is 50.3. The second kappa shape index (κ2) is 22.9. The van der Waals surface area contributed by atoms with E-state index in [4.69, 9.17) is 17.4 Å². The number of nitrogens with zero attached hydrogens (tertiary/aromatic N) is 6. The molecule has 438 valence electrons. The summed E-state index contributed by atoms with van der Waals surface area (Å²) in [6.07, 6.45) is 5.84. The maximum absolute atomic E-state index is 14.7. The third-order valence-corrected chi connectivity index (χ3v) is 16.5. The minimum atomic E-state index is -2.09. The van der Waals surface area contributed by atoms with Gasteiger partial charge in [0.15, 0.2) is 35.3 Å². The summed E-state index contributed by atoms with van der Waals surface area (Å²) in [5, 5.41) is 5.90. The van der Waals surface area contributed by atoms with E-state index < -0.39 is 30.1 Å². The van der Waals surface area contributed by atoms with Gasteiger partial charge in [-0.05, 0) is 149 Å². The summed E-state index contributed by atoms with van der Waals surface area (Å²) in [5.74, 6) is -2.39. The molecule has 0 atom stereocenters. The number of rotatable bonds is 6. The summed E-state index contributed by atoms with van der Waals surface area (Å²) in [4.78, 5) is 13.6. The van der Waals surface area contributed by atoms with Crippen molar-refractivity contribution in [2.75, 3.05) is 0 Å². The fraction of sp³-hybridized carbons (Fsp3) is 0.132.